The summed E-state index contributed by atoms with van der Waals surface area (Å²) < 4.78 is 24.0. The second-order valence-electron chi connectivity index (χ2n) is 6.17. The summed E-state index contributed by atoms with van der Waals surface area (Å²) in [7, 11) is -3.29. The van der Waals surface area contributed by atoms with E-state index in [9.17, 15) is 13.2 Å². The van der Waals surface area contributed by atoms with Crippen LogP contribution in [-0.2, 0) is 14.6 Å². The van der Waals surface area contributed by atoms with Crippen molar-refractivity contribution in [3.8, 4) is 11.1 Å². The Morgan fingerprint density at radius 3 is 2.22 bits per heavy atom. The van der Waals surface area contributed by atoms with Gasteiger partial charge in [0.1, 0.15) is 0 Å². The summed E-state index contributed by atoms with van der Waals surface area (Å²) in [5, 5.41) is 0. The molecular weight excluding hydrogens is 360 g/mol. The Kier molecular flexibility index (Phi) is 5.37. The van der Waals surface area contributed by atoms with Crippen molar-refractivity contribution in [2.75, 3.05) is 5.75 Å². The van der Waals surface area contributed by atoms with Gasteiger partial charge in [-0.3, -0.25) is 9.78 Å². The smallest absolute Gasteiger partial charge is 0.229 e. The lowest BCUT2D eigenvalue weighted by atomic mass is 9.89. The average Bonchev–Trinajstić information content (AvgIpc) is 2.69. The molecule has 1 amide bonds. The lowest BCUT2D eigenvalue weighted by molar-refractivity contribution is -0.118. The van der Waals surface area contributed by atoms with E-state index in [0.717, 1.165) is 16.7 Å². The third-order valence-corrected chi connectivity index (χ3v) is 6.22. The Balaban J connectivity index is 2.01. The predicted molar refractivity (Wildman–Crippen MR) is 105 cm³/mol. The molecule has 1 unspecified atom stereocenters. The van der Waals surface area contributed by atoms with Crippen molar-refractivity contribution in [3.05, 3.63) is 84.2 Å². The number of sulfone groups is 1. The van der Waals surface area contributed by atoms with Crippen molar-refractivity contribution in [2.24, 2.45) is 5.73 Å². The molecule has 0 aliphatic rings. The van der Waals surface area contributed by atoms with E-state index in [-0.39, 0.29) is 10.6 Å². The van der Waals surface area contributed by atoms with E-state index >= 15 is 0 Å². The van der Waals surface area contributed by atoms with Crippen LogP contribution in [-0.4, -0.2) is 25.1 Å². The Hall–Kier alpha value is -2.99. The van der Waals surface area contributed by atoms with Crippen LogP contribution in [0.3, 0.4) is 0 Å². The van der Waals surface area contributed by atoms with Crippen molar-refractivity contribution >= 4 is 15.7 Å². The normalized spacial score (nSPS) is 12.5. The van der Waals surface area contributed by atoms with E-state index in [1.807, 2.05) is 36.4 Å². The van der Waals surface area contributed by atoms with Gasteiger partial charge >= 0.3 is 0 Å². The summed E-state index contributed by atoms with van der Waals surface area (Å²) in [5.41, 5.74) is 9.02. The van der Waals surface area contributed by atoms with E-state index in [2.05, 4.69) is 4.98 Å². The molecule has 3 rings (SSSR count). The topological polar surface area (TPSA) is 90.1 Å². The fourth-order valence-electron chi connectivity index (χ4n) is 3.00. The molecule has 6 heteroatoms. The monoisotopic (exact) mass is 380 g/mol. The Morgan fingerprint density at radius 2 is 1.63 bits per heavy atom. The highest BCUT2D eigenvalue weighted by molar-refractivity contribution is 7.91. The molecule has 0 fully saturated rings. The fraction of sp³-hybridized carbons (Fsp3) is 0.143. The van der Waals surface area contributed by atoms with Crippen molar-refractivity contribution in [3.63, 3.8) is 0 Å². The largest absolute Gasteiger partial charge is 0.369 e. The fourth-order valence-corrected chi connectivity index (χ4v) is 3.88. The molecule has 0 saturated carbocycles. The first kappa shape index (κ1) is 18.8. The average molecular weight is 380 g/mol. The van der Waals surface area contributed by atoms with E-state index in [1.165, 1.54) is 12.1 Å². The van der Waals surface area contributed by atoms with Crippen molar-refractivity contribution in [2.45, 2.75) is 17.7 Å². The number of rotatable bonds is 6. The Bertz CT molecular complexity index is 1050. The first-order valence-corrected chi connectivity index (χ1v) is 10.2. The van der Waals surface area contributed by atoms with Crippen LogP contribution in [0.5, 0.6) is 0 Å². The van der Waals surface area contributed by atoms with Gasteiger partial charge in [0, 0.05) is 12.4 Å². The lowest BCUT2D eigenvalue weighted by Crippen LogP contribution is -2.22. The number of carbonyl (C=O) groups is 1. The van der Waals surface area contributed by atoms with Crippen LogP contribution in [0.25, 0.3) is 11.1 Å². The van der Waals surface area contributed by atoms with Gasteiger partial charge in [0.15, 0.2) is 9.84 Å². The van der Waals surface area contributed by atoms with Crippen LogP contribution in [0.2, 0.25) is 0 Å². The van der Waals surface area contributed by atoms with Crippen molar-refractivity contribution in [1.29, 1.82) is 0 Å². The zero-order valence-corrected chi connectivity index (χ0v) is 15.7. The SMILES string of the molecule is CCS(=O)(=O)c1ccc(C(C(N)=O)c2cccc(-c3ccncc3)c2)cc1. The van der Waals surface area contributed by atoms with Gasteiger partial charge in [-0.25, -0.2) is 8.42 Å². The molecular formula is C21H20N2O3S. The van der Waals surface area contributed by atoms with Gasteiger partial charge in [-0.05, 0) is 46.5 Å². The number of carbonyl (C=O) groups excluding carboxylic acids is 1. The minimum Gasteiger partial charge on any atom is -0.369 e. The molecule has 138 valence electrons. The van der Waals surface area contributed by atoms with Crippen LogP contribution in [0.1, 0.15) is 24.0 Å². The molecule has 5 nitrogen and oxygen atoms in total. The highest BCUT2D eigenvalue weighted by Crippen LogP contribution is 2.29. The summed E-state index contributed by atoms with van der Waals surface area (Å²) in [6.45, 7) is 1.60. The summed E-state index contributed by atoms with van der Waals surface area (Å²) in [6, 6.07) is 17.7. The van der Waals surface area contributed by atoms with Gasteiger partial charge in [0.25, 0.3) is 0 Å². The molecule has 1 atom stereocenters. The molecule has 2 aromatic carbocycles. The highest BCUT2D eigenvalue weighted by atomic mass is 32.2. The second kappa shape index (κ2) is 7.72. The second-order valence-corrected chi connectivity index (χ2v) is 8.45. The number of amides is 1. The van der Waals surface area contributed by atoms with Crippen LogP contribution in [0, 0.1) is 0 Å². The predicted octanol–water partition coefficient (Wildman–Crippen LogP) is 3.16. The van der Waals surface area contributed by atoms with Gasteiger partial charge < -0.3 is 5.73 Å². The van der Waals surface area contributed by atoms with Gasteiger partial charge in [-0.2, -0.15) is 0 Å². The number of hydrogen-bond donors (Lipinski definition) is 1. The minimum absolute atomic E-state index is 0.0274. The van der Waals surface area contributed by atoms with Gasteiger partial charge in [0.2, 0.25) is 5.91 Å². The third-order valence-electron chi connectivity index (χ3n) is 4.47. The summed E-state index contributed by atoms with van der Waals surface area (Å²) in [6.07, 6.45) is 3.42. The van der Waals surface area contributed by atoms with Gasteiger partial charge in [0.05, 0.1) is 16.6 Å². The first-order valence-electron chi connectivity index (χ1n) is 8.55. The maximum Gasteiger partial charge on any atom is 0.229 e. The van der Waals surface area contributed by atoms with Crippen LogP contribution >= 0.6 is 0 Å². The number of benzene rings is 2. The Labute approximate surface area is 158 Å². The Morgan fingerprint density at radius 1 is 0.963 bits per heavy atom. The van der Waals surface area contributed by atoms with E-state index in [1.54, 1.807) is 31.5 Å². The molecule has 1 aromatic heterocycles. The number of hydrogen-bond acceptors (Lipinski definition) is 4. The van der Waals surface area contributed by atoms with Gasteiger partial charge in [-0.1, -0.05) is 43.3 Å². The maximum atomic E-state index is 12.2. The van der Waals surface area contributed by atoms with Crippen LogP contribution < -0.4 is 5.73 Å². The molecule has 3 aromatic rings. The van der Waals surface area contributed by atoms with E-state index in [4.69, 9.17) is 5.73 Å². The number of nitrogens with two attached hydrogens (primary N) is 1. The van der Waals surface area contributed by atoms with Crippen molar-refractivity contribution < 1.29 is 13.2 Å². The molecule has 0 aliphatic heterocycles. The quantitative estimate of drug-likeness (QED) is 0.711. The molecule has 0 spiro atoms. The zero-order valence-electron chi connectivity index (χ0n) is 14.9. The summed E-state index contributed by atoms with van der Waals surface area (Å²) in [5.74, 6) is -1.13. The maximum absolute atomic E-state index is 12.2. The molecule has 2 N–H and O–H groups in total. The van der Waals surface area contributed by atoms with Crippen LogP contribution in [0.15, 0.2) is 78.0 Å². The zero-order chi connectivity index (χ0) is 19.4. The van der Waals surface area contributed by atoms with E-state index < -0.39 is 21.7 Å². The van der Waals surface area contributed by atoms with Gasteiger partial charge in [-0.15, -0.1) is 0 Å². The number of pyridine rings is 1. The number of aromatic nitrogens is 1. The molecule has 0 radical (unpaired) electrons. The molecule has 0 bridgehead atoms. The summed E-state index contributed by atoms with van der Waals surface area (Å²) in [4.78, 5) is 16.4. The standard InChI is InChI=1S/C21H20N2O3S/c1-2-27(25,26)19-8-6-16(7-9-19)20(21(22)24)18-5-3-4-17(14-18)15-10-12-23-13-11-15/h3-14,20H,2H2,1H3,(H2,22,24). The summed E-state index contributed by atoms with van der Waals surface area (Å²) >= 11 is 0. The highest BCUT2D eigenvalue weighted by Gasteiger charge is 2.21. The third kappa shape index (κ3) is 4.06. The molecule has 1 heterocycles. The molecule has 0 aliphatic carbocycles. The van der Waals surface area contributed by atoms with Crippen LogP contribution in [0.4, 0.5) is 0 Å². The lowest BCUT2D eigenvalue weighted by Gasteiger charge is -2.16. The minimum atomic E-state index is -3.29. The number of primary amides is 1. The van der Waals surface area contributed by atoms with Crippen molar-refractivity contribution in [1.82, 2.24) is 4.98 Å². The molecule has 27 heavy (non-hydrogen) atoms. The first-order chi connectivity index (χ1) is 12.9. The van der Waals surface area contributed by atoms with E-state index in [0.29, 0.717) is 5.56 Å². The number of nitrogens with zero attached hydrogens (tertiary/aromatic N) is 1. The molecule has 0 saturated heterocycles.